The lowest BCUT2D eigenvalue weighted by Crippen LogP contribution is -2.18. The highest BCUT2D eigenvalue weighted by Gasteiger charge is 2.18. The molecular weight excluding hydrogens is 326 g/mol. The number of benzene rings is 1. The Kier molecular flexibility index (Phi) is 6.35. The summed E-state index contributed by atoms with van der Waals surface area (Å²) in [5, 5.41) is 7.24. The van der Waals surface area contributed by atoms with E-state index in [1.807, 2.05) is 45.9 Å². The lowest BCUT2D eigenvalue weighted by Gasteiger charge is -2.08. The van der Waals surface area contributed by atoms with Gasteiger partial charge in [0.1, 0.15) is 0 Å². The Labute approximate surface area is 155 Å². The van der Waals surface area contributed by atoms with E-state index in [-0.39, 0.29) is 24.7 Å². The van der Waals surface area contributed by atoms with Crippen molar-refractivity contribution in [1.29, 1.82) is 0 Å². The molecule has 0 spiro atoms. The molecule has 26 heavy (non-hydrogen) atoms. The van der Waals surface area contributed by atoms with Crippen molar-refractivity contribution in [2.75, 3.05) is 5.32 Å². The summed E-state index contributed by atoms with van der Waals surface area (Å²) < 4.78 is 1.45. The maximum Gasteiger partial charge on any atom is 0.247 e. The van der Waals surface area contributed by atoms with E-state index in [1.54, 1.807) is 0 Å². The van der Waals surface area contributed by atoms with E-state index >= 15 is 0 Å². The van der Waals surface area contributed by atoms with Gasteiger partial charge >= 0.3 is 0 Å². The largest absolute Gasteiger partial charge is 0.326 e. The lowest BCUT2D eigenvalue weighted by atomic mass is 10.0. The van der Waals surface area contributed by atoms with Crippen molar-refractivity contribution >= 4 is 17.5 Å². The van der Waals surface area contributed by atoms with Gasteiger partial charge in [0.15, 0.2) is 0 Å². The molecule has 0 saturated carbocycles. The Balaban J connectivity index is 1.97. The Bertz CT molecular complexity index is 819. The number of hydrogen-bond donors (Lipinski definition) is 1. The zero-order chi connectivity index (χ0) is 19.4. The number of hydrogen-bond acceptors (Lipinski definition) is 3. The van der Waals surface area contributed by atoms with Crippen molar-refractivity contribution < 1.29 is 9.59 Å². The van der Waals surface area contributed by atoms with Crippen LogP contribution in [-0.4, -0.2) is 21.6 Å². The van der Waals surface area contributed by atoms with E-state index in [4.69, 9.17) is 0 Å². The number of anilines is 1. The summed E-state index contributed by atoms with van der Waals surface area (Å²) in [5.41, 5.74) is 5.97. The number of nitrogens with zero attached hydrogens (tertiary/aromatic N) is 2. The molecule has 0 bridgehead atoms. The highest BCUT2D eigenvalue weighted by molar-refractivity contribution is 5.93. The standard InChI is InChI=1S/C21H29N3O2/c1-13(2)11-19-16(5)23-24(17(19)6)21(26)10-9-20(25)22-18-8-7-14(3)15(4)12-18/h7-8,12-13H,9-11H2,1-6H3,(H,22,25). The van der Waals surface area contributed by atoms with Crippen molar-refractivity contribution in [3.8, 4) is 0 Å². The van der Waals surface area contributed by atoms with Crippen LogP contribution in [0.25, 0.3) is 0 Å². The van der Waals surface area contributed by atoms with Gasteiger partial charge in [-0.3, -0.25) is 9.59 Å². The van der Waals surface area contributed by atoms with Crippen molar-refractivity contribution in [3.05, 3.63) is 46.3 Å². The Morgan fingerprint density at radius 3 is 2.38 bits per heavy atom. The molecule has 0 radical (unpaired) electrons. The number of carbonyl (C=O) groups is 2. The summed E-state index contributed by atoms with van der Waals surface area (Å²) in [4.78, 5) is 24.6. The summed E-state index contributed by atoms with van der Waals surface area (Å²) in [6.45, 7) is 12.2. The summed E-state index contributed by atoms with van der Waals surface area (Å²) in [5.74, 6) is 0.199. The number of aryl methyl sites for hydroxylation is 3. The molecule has 5 nitrogen and oxygen atoms in total. The van der Waals surface area contributed by atoms with E-state index in [0.29, 0.717) is 5.92 Å². The monoisotopic (exact) mass is 355 g/mol. The lowest BCUT2D eigenvalue weighted by molar-refractivity contribution is -0.116. The van der Waals surface area contributed by atoms with Gasteiger partial charge in [-0.05, 0) is 68.9 Å². The van der Waals surface area contributed by atoms with Crippen LogP contribution in [0.4, 0.5) is 5.69 Å². The molecule has 1 aromatic carbocycles. The van der Waals surface area contributed by atoms with Gasteiger partial charge in [-0.1, -0.05) is 19.9 Å². The molecule has 1 aromatic heterocycles. The van der Waals surface area contributed by atoms with Gasteiger partial charge in [0, 0.05) is 24.2 Å². The number of rotatable bonds is 6. The molecule has 0 aliphatic rings. The summed E-state index contributed by atoms with van der Waals surface area (Å²) in [6, 6.07) is 5.79. The first kappa shape index (κ1) is 19.9. The highest BCUT2D eigenvalue weighted by atomic mass is 16.2. The molecule has 0 fully saturated rings. The van der Waals surface area contributed by atoms with Crippen LogP contribution in [0, 0.1) is 33.6 Å². The minimum atomic E-state index is -0.162. The normalized spacial score (nSPS) is 11.0. The van der Waals surface area contributed by atoms with Gasteiger partial charge in [0.05, 0.1) is 5.69 Å². The van der Waals surface area contributed by atoms with E-state index in [1.165, 1.54) is 10.2 Å². The number of aromatic nitrogens is 2. The minimum Gasteiger partial charge on any atom is -0.326 e. The molecule has 1 N–H and O–H groups in total. The fourth-order valence-electron chi connectivity index (χ4n) is 2.99. The smallest absolute Gasteiger partial charge is 0.247 e. The predicted molar refractivity (Wildman–Crippen MR) is 105 cm³/mol. The Hall–Kier alpha value is -2.43. The Morgan fingerprint density at radius 2 is 1.77 bits per heavy atom. The van der Waals surface area contributed by atoms with Crippen molar-refractivity contribution in [2.24, 2.45) is 5.92 Å². The predicted octanol–water partition coefficient (Wildman–Crippen LogP) is 4.37. The summed E-state index contributed by atoms with van der Waals surface area (Å²) >= 11 is 0. The van der Waals surface area contributed by atoms with Crippen molar-refractivity contribution in [2.45, 2.75) is 60.8 Å². The summed E-state index contributed by atoms with van der Waals surface area (Å²) in [7, 11) is 0. The third kappa shape index (κ3) is 4.81. The molecule has 0 unspecified atom stereocenters. The van der Waals surface area contributed by atoms with Crippen LogP contribution < -0.4 is 5.32 Å². The third-order valence-electron chi connectivity index (χ3n) is 4.65. The van der Waals surface area contributed by atoms with Gasteiger partial charge in [0.2, 0.25) is 11.8 Å². The van der Waals surface area contributed by atoms with Crippen LogP contribution in [0.3, 0.4) is 0 Å². The number of amides is 1. The van der Waals surface area contributed by atoms with E-state index in [9.17, 15) is 9.59 Å². The van der Waals surface area contributed by atoms with Crippen molar-refractivity contribution in [1.82, 2.24) is 9.78 Å². The van der Waals surface area contributed by atoms with Crippen LogP contribution in [0.2, 0.25) is 0 Å². The van der Waals surface area contributed by atoms with Crippen molar-refractivity contribution in [3.63, 3.8) is 0 Å². The average molecular weight is 355 g/mol. The average Bonchev–Trinajstić information content (AvgIpc) is 2.84. The fourth-order valence-corrected chi connectivity index (χ4v) is 2.99. The molecule has 1 heterocycles. The maximum absolute atomic E-state index is 12.5. The first-order chi connectivity index (χ1) is 12.2. The van der Waals surface area contributed by atoms with Gasteiger partial charge in [-0.25, -0.2) is 4.68 Å². The fraction of sp³-hybridized carbons (Fsp3) is 0.476. The van der Waals surface area contributed by atoms with Gasteiger partial charge in [0.25, 0.3) is 0 Å². The molecular formula is C21H29N3O2. The highest BCUT2D eigenvalue weighted by Crippen LogP contribution is 2.18. The topological polar surface area (TPSA) is 64.0 Å². The first-order valence-electron chi connectivity index (χ1n) is 9.14. The molecule has 140 valence electrons. The van der Waals surface area contributed by atoms with Gasteiger partial charge in [-0.2, -0.15) is 5.10 Å². The number of nitrogens with one attached hydrogen (secondary N) is 1. The van der Waals surface area contributed by atoms with Crippen LogP contribution in [0.15, 0.2) is 18.2 Å². The Morgan fingerprint density at radius 1 is 1.08 bits per heavy atom. The van der Waals surface area contributed by atoms with E-state index in [0.717, 1.165) is 34.6 Å². The first-order valence-corrected chi connectivity index (χ1v) is 9.14. The molecule has 5 heteroatoms. The molecule has 1 amide bonds. The third-order valence-corrected chi connectivity index (χ3v) is 4.65. The van der Waals surface area contributed by atoms with Crippen LogP contribution in [0.1, 0.15) is 59.6 Å². The zero-order valence-corrected chi connectivity index (χ0v) is 16.6. The second-order valence-electron chi connectivity index (χ2n) is 7.40. The second kappa shape index (κ2) is 8.30. The maximum atomic E-state index is 12.5. The van der Waals surface area contributed by atoms with Crippen LogP contribution in [0.5, 0.6) is 0 Å². The van der Waals surface area contributed by atoms with Crippen LogP contribution >= 0.6 is 0 Å². The number of carbonyl (C=O) groups excluding carboxylic acids is 2. The van der Waals surface area contributed by atoms with Gasteiger partial charge < -0.3 is 5.32 Å². The van der Waals surface area contributed by atoms with E-state index in [2.05, 4.69) is 24.3 Å². The quantitative estimate of drug-likeness (QED) is 0.836. The van der Waals surface area contributed by atoms with Crippen LogP contribution in [-0.2, 0) is 11.2 Å². The van der Waals surface area contributed by atoms with Gasteiger partial charge in [-0.15, -0.1) is 0 Å². The molecule has 0 aliphatic carbocycles. The molecule has 0 atom stereocenters. The molecule has 0 saturated heterocycles. The summed E-state index contributed by atoms with van der Waals surface area (Å²) in [6.07, 6.45) is 1.18. The molecule has 2 rings (SSSR count). The second-order valence-corrected chi connectivity index (χ2v) is 7.40. The SMILES string of the molecule is Cc1ccc(NC(=O)CCC(=O)n2nc(C)c(CC(C)C)c2C)cc1C. The molecule has 2 aromatic rings. The molecule has 0 aliphatic heterocycles. The minimum absolute atomic E-state index is 0.139. The van der Waals surface area contributed by atoms with E-state index < -0.39 is 0 Å². The zero-order valence-electron chi connectivity index (χ0n) is 16.6.